The van der Waals surface area contributed by atoms with Gasteiger partial charge in [0.25, 0.3) is 0 Å². The average Bonchev–Trinajstić information content (AvgIpc) is 2.56. The number of para-hydroxylation sites is 1. The minimum atomic E-state index is 0.126. The van der Waals surface area contributed by atoms with Gasteiger partial charge in [0.1, 0.15) is 0 Å². The van der Waals surface area contributed by atoms with E-state index in [-0.39, 0.29) is 5.78 Å². The van der Waals surface area contributed by atoms with Crippen LogP contribution in [0.4, 0.5) is 0 Å². The molecule has 2 aromatic rings. The molecule has 0 N–H and O–H groups in total. The molecule has 0 fully saturated rings. The predicted octanol–water partition coefficient (Wildman–Crippen LogP) is 3.91. The quantitative estimate of drug-likeness (QED) is 0.730. The van der Waals surface area contributed by atoms with Crippen molar-refractivity contribution < 1.29 is 4.79 Å². The number of nitrogens with zero attached hydrogens (tertiary/aromatic N) is 1. The highest BCUT2D eigenvalue weighted by atomic mass is 16.1. The van der Waals surface area contributed by atoms with Crippen molar-refractivity contribution in [3.8, 4) is 5.69 Å². The van der Waals surface area contributed by atoms with Crippen molar-refractivity contribution in [1.82, 2.24) is 4.57 Å². The maximum Gasteiger partial charge on any atom is 0.161 e. The van der Waals surface area contributed by atoms with Crippen LogP contribution in [0.25, 0.3) is 5.69 Å². The van der Waals surface area contributed by atoms with Crippen LogP contribution in [0.1, 0.15) is 39.8 Å². The molecule has 0 aliphatic heterocycles. The number of ketones is 1. The Bertz CT molecular complexity index is 600. The van der Waals surface area contributed by atoms with Crippen LogP contribution in [0.5, 0.6) is 0 Å². The third kappa shape index (κ3) is 1.88. The molecule has 0 radical (unpaired) electrons. The van der Waals surface area contributed by atoms with Gasteiger partial charge in [0, 0.05) is 17.0 Å². The van der Waals surface area contributed by atoms with Crippen LogP contribution in [0, 0.1) is 27.7 Å². The molecule has 0 aliphatic rings. The van der Waals surface area contributed by atoms with Crippen LogP contribution in [0.2, 0.25) is 0 Å². The summed E-state index contributed by atoms with van der Waals surface area (Å²) < 4.78 is 2.18. The summed E-state index contributed by atoms with van der Waals surface area (Å²) in [5.41, 5.74) is 6.60. The monoisotopic (exact) mass is 241 g/mol. The molecule has 1 aromatic heterocycles. The molecule has 0 atom stereocenters. The van der Waals surface area contributed by atoms with E-state index < -0.39 is 0 Å². The number of carbonyl (C=O) groups excluding carboxylic acids is 1. The van der Waals surface area contributed by atoms with Crippen LogP contribution in [-0.2, 0) is 0 Å². The van der Waals surface area contributed by atoms with E-state index in [1.54, 1.807) is 6.92 Å². The van der Waals surface area contributed by atoms with Gasteiger partial charge in [-0.1, -0.05) is 18.2 Å². The summed E-state index contributed by atoms with van der Waals surface area (Å²) in [6.07, 6.45) is 0. The fourth-order valence-corrected chi connectivity index (χ4v) is 2.62. The zero-order chi connectivity index (χ0) is 13.4. The number of hydrogen-bond acceptors (Lipinski definition) is 1. The summed E-state index contributed by atoms with van der Waals surface area (Å²) in [5.74, 6) is 0.126. The molecule has 0 saturated heterocycles. The van der Waals surface area contributed by atoms with E-state index >= 15 is 0 Å². The van der Waals surface area contributed by atoms with Gasteiger partial charge >= 0.3 is 0 Å². The fraction of sp³-hybridized carbons (Fsp3) is 0.312. The number of benzene rings is 1. The minimum Gasteiger partial charge on any atom is -0.317 e. The van der Waals surface area contributed by atoms with Crippen molar-refractivity contribution in [2.24, 2.45) is 0 Å². The Morgan fingerprint density at radius 2 is 1.61 bits per heavy atom. The van der Waals surface area contributed by atoms with Crippen LogP contribution in [-0.4, -0.2) is 10.4 Å². The van der Waals surface area contributed by atoms with E-state index in [0.29, 0.717) is 0 Å². The van der Waals surface area contributed by atoms with Crippen molar-refractivity contribution in [3.05, 3.63) is 52.3 Å². The van der Waals surface area contributed by atoms with Gasteiger partial charge in [0.2, 0.25) is 0 Å². The molecule has 18 heavy (non-hydrogen) atoms. The van der Waals surface area contributed by atoms with Gasteiger partial charge in [-0.3, -0.25) is 4.79 Å². The molecule has 2 nitrogen and oxygen atoms in total. The van der Waals surface area contributed by atoms with E-state index in [0.717, 1.165) is 17.0 Å². The van der Waals surface area contributed by atoms with E-state index in [1.165, 1.54) is 16.8 Å². The number of aryl methyl sites for hydroxylation is 3. The molecule has 0 unspecified atom stereocenters. The van der Waals surface area contributed by atoms with Crippen molar-refractivity contribution in [2.45, 2.75) is 34.6 Å². The van der Waals surface area contributed by atoms with Gasteiger partial charge in [-0.05, 0) is 51.8 Å². The second-order valence-electron chi connectivity index (χ2n) is 4.92. The molecular formula is C16H19NO. The summed E-state index contributed by atoms with van der Waals surface area (Å²) in [6.45, 7) is 9.89. The number of aromatic nitrogens is 1. The zero-order valence-corrected chi connectivity index (χ0v) is 11.7. The first-order valence-electron chi connectivity index (χ1n) is 6.20. The van der Waals surface area contributed by atoms with Crippen molar-refractivity contribution >= 4 is 5.78 Å². The van der Waals surface area contributed by atoms with Gasteiger partial charge < -0.3 is 4.57 Å². The van der Waals surface area contributed by atoms with Crippen LogP contribution in [0.15, 0.2) is 24.3 Å². The topological polar surface area (TPSA) is 22.0 Å². The molecule has 0 saturated carbocycles. The van der Waals surface area contributed by atoms with E-state index in [1.807, 2.05) is 19.9 Å². The van der Waals surface area contributed by atoms with Gasteiger partial charge in [0.05, 0.1) is 5.69 Å². The average molecular weight is 241 g/mol. The van der Waals surface area contributed by atoms with Crippen LogP contribution >= 0.6 is 0 Å². The van der Waals surface area contributed by atoms with E-state index in [9.17, 15) is 4.79 Å². The second-order valence-corrected chi connectivity index (χ2v) is 4.92. The minimum absolute atomic E-state index is 0.126. The van der Waals surface area contributed by atoms with Crippen molar-refractivity contribution in [1.29, 1.82) is 0 Å². The zero-order valence-electron chi connectivity index (χ0n) is 11.7. The lowest BCUT2D eigenvalue weighted by molar-refractivity contribution is 0.101. The van der Waals surface area contributed by atoms with Crippen molar-refractivity contribution in [2.75, 3.05) is 0 Å². The predicted molar refractivity (Wildman–Crippen MR) is 74.7 cm³/mol. The lowest BCUT2D eigenvalue weighted by Gasteiger charge is -2.15. The van der Waals surface area contributed by atoms with E-state index in [4.69, 9.17) is 0 Å². The molecule has 0 spiro atoms. The molecule has 1 aromatic carbocycles. The lowest BCUT2D eigenvalue weighted by atomic mass is 10.1. The van der Waals surface area contributed by atoms with Gasteiger partial charge in [-0.25, -0.2) is 0 Å². The lowest BCUT2D eigenvalue weighted by Crippen LogP contribution is -2.05. The number of carbonyl (C=O) groups is 1. The maximum absolute atomic E-state index is 11.6. The van der Waals surface area contributed by atoms with Crippen molar-refractivity contribution in [3.63, 3.8) is 0 Å². The first-order chi connectivity index (χ1) is 8.43. The summed E-state index contributed by atoms with van der Waals surface area (Å²) in [7, 11) is 0. The highest BCUT2D eigenvalue weighted by Crippen LogP contribution is 2.26. The second kappa shape index (κ2) is 4.45. The molecule has 0 amide bonds. The molecular weight excluding hydrogens is 222 g/mol. The molecule has 2 heteroatoms. The Morgan fingerprint density at radius 1 is 1.06 bits per heavy atom. The third-order valence-corrected chi connectivity index (χ3v) is 3.47. The number of Topliss-reactive ketones (excluding diaryl/α,β-unsaturated/α-hetero) is 1. The normalized spacial score (nSPS) is 10.7. The van der Waals surface area contributed by atoms with Gasteiger partial charge in [-0.2, -0.15) is 0 Å². The Kier molecular flexibility index (Phi) is 3.12. The SMILES string of the molecule is CC(=O)c1cc(C)n(-c2c(C)cccc2C)c1C. The summed E-state index contributed by atoms with van der Waals surface area (Å²) >= 11 is 0. The number of rotatable bonds is 2. The van der Waals surface area contributed by atoms with Crippen LogP contribution in [0.3, 0.4) is 0 Å². The number of hydrogen-bond donors (Lipinski definition) is 0. The molecule has 2 rings (SSSR count). The molecule has 0 bridgehead atoms. The molecule has 94 valence electrons. The first-order valence-corrected chi connectivity index (χ1v) is 6.20. The standard InChI is InChI=1S/C16H19NO/c1-10-7-6-8-11(2)16(10)17-12(3)9-15(13(17)4)14(5)18/h6-9H,1-5H3. The smallest absolute Gasteiger partial charge is 0.161 e. The Hall–Kier alpha value is -1.83. The molecule has 0 aliphatic carbocycles. The Labute approximate surface area is 108 Å². The molecule has 1 heterocycles. The Morgan fingerprint density at radius 3 is 2.06 bits per heavy atom. The summed E-state index contributed by atoms with van der Waals surface area (Å²) in [5, 5.41) is 0. The maximum atomic E-state index is 11.6. The fourth-order valence-electron chi connectivity index (χ4n) is 2.62. The highest BCUT2D eigenvalue weighted by Gasteiger charge is 2.15. The van der Waals surface area contributed by atoms with Crippen LogP contribution < -0.4 is 0 Å². The van der Waals surface area contributed by atoms with Gasteiger partial charge in [-0.15, -0.1) is 0 Å². The highest BCUT2D eigenvalue weighted by molar-refractivity contribution is 5.95. The largest absolute Gasteiger partial charge is 0.317 e. The van der Waals surface area contributed by atoms with Gasteiger partial charge in [0.15, 0.2) is 5.78 Å². The Balaban J connectivity index is 2.76. The summed E-state index contributed by atoms with van der Waals surface area (Å²) in [6, 6.07) is 8.25. The first kappa shape index (κ1) is 12.6. The van der Waals surface area contributed by atoms with E-state index in [2.05, 4.69) is 36.6 Å². The third-order valence-electron chi connectivity index (χ3n) is 3.47. The summed E-state index contributed by atoms with van der Waals surface area (Å²) in [4.78, 5) is 11.6.